The minimum Gasteiger partial charge on any atom is -0.504 e. The van der Waals surface area contributed by atoms with E-state index in [1.807, 2.05) is 42.5 Å². The van der Waals surface area contributed by atoms with Gasteiger partial charge in [0.1, 0.15) is 6.29 Å². The molecule has 0 heterocycles. The smallest absolute Gasteiger partial charge is 0.160 e. The Hall–Kier alpha value is -2.55. The van der Waals surface area contributed by atoms with Crippen LogP contribution >= 0.6 is 0 Å². The van der Waals surface area contributed by atoms with Crippen LogP contribution in [0.4, 0.5) is 0 Å². The zero-order chi connectivity index (χ0) is 15.5. The van der Waals surface area contributed by atoms with Gasteiger partial charge in [-0.2, -0.15) is 0 Å². The zero-order valence-electron chi connectivity index (χ0n) is 12.2. The van der Waals surface area contributed by atoms with E-state index in [1.54, 1.807) is 12.1 Å². The highest BCUT2D eigenvalue weighted by atomic mass is 16.5. The van der Waals surface area contributed by atoms with E-state index in [9.17, 15) is 9.90 Å². The molecule has 110 valence electrons. The van der Waals surface area contributed by atoms with E-state index in [4.69, 9.17) is 4.74 Å². The molecule has 0 aliphatic heterocycles. The van der Waals surface area contributed by atoms with Crippen molar-refractivity contribution in [2.45, 2.75) is 12.8 Å². The van der Waals surface area contributed by atoms with E-state index in [0.717, 1.165) is 23.8 Å². The Balaban J connectivity index is 0.000000219. The summed E-state index contributed by atoms with van der Waals surface area (Å²) in [7, 11) is 1.53. The molecular weight excluding hydrogens is 264 g/mol. The Bertz CT molecular complexity index is 562. The molecule has 21 heavy (non-hydrogen) atoms. The molecule has 2 aromatic rings. The molecule has 0 fully saturated rings. The second kappa shape index (κ2) is 9.37. The van der Waals surface area contributed by atoms with Gasteiger partial charge in [-0.25, -0.2) is 0 Å². The summed E-state index contributed by atoms with van der Waals surface area (Å²) in [5.74, 6) is 0.680. The summed E-state index contributed by atoms with van der Waals surface area (Å²) >= 11 is 0. The summed E-state index contributed by atoms with van der Waals surface area (Å²) in [6, 6.07) is 14.9. The number of methoxy groups -OCH3 is 1. The maximum Gasteiger partial charge on any atom is 0.160 e. The SMILES string of the molecule is C=CCc1ccc(O)c(OC)c1.O=CCc1ccccc1. The third-order valence-corrected chi connectivity index (χ3v) is 2.79. The molecule has 0 aliphatic carbocycles. The number of rotatable bonds is 5. The van der Waals surface area contributed by atoms with Gasteiger partial charge in [0, 0.05) is 6.42 Å². The van der Waals surface area contributed by atoms with Crippen molar-refractivity contribution in [3.8, 4) is 11.5 Å². The Morgan fingerprint density at radius 1 is 1.10 bits per heavy atom. The highest BCUT2D eigenvalue weighted by Gasteiger charge is 2.00. The zero-order valence-corrected chi connectivity index (χ0v) is 12.2. The van der Waals surface area contributed by atoms with Crippen LogP contribution in [-0.2, 0) is 17.6 Å². The number of hydrogen-bond acceptors (Lipinski definition) is 3. The molecule has 0 atom stereocenters. The van der Waals surface area contributed by atoms with Gasteiger partial charge < -0.3 is 14.6 Å². The number of hydrogen-bond donors (Lipinski definition) is 1. The summed E-state index contributed by atoms with van der Waals surface area (Å²) in [4.78, 5) is 9.97. The van der Waals surface area contributed by atoms with Gasteiger partial charge in [0.25, 0.3) is 0 Å². The lowest BCUT2D eigenvalue weighted by atomic mass is 10.1. The number of ether oxygens (including phenoxy) is 1. The fraction of sp³-hybridized carbons (Fsp3) is 0.167. The Morgan fingerprint density at radius 3 is 2.38 bits per heavy atom. The molecule has 0 amide bonds. The van der Waals surface area contributed by atoms with Gasteiger partial charge in [0.05, 0.1) is 7.11 Å². The number of benzene rings is 2. The third kappa shape index (κ3) is 5.95. The van der Waals surface area contributed by atoms with Crippen molar-refractivity contribution in [2.24, 2.45) is 0 Å². The van der Waals surface area contributed by atoms with Crippen molar-refractivity contribution in [1.82, 2.24) is 0 Å². The first-order chi connectivity index (χ1) is 10.2. The number of allylic oxidation sites excluding steroid dienone is 1. The maximum absolute atomic E-state index is 9.97. The summed E-state index contributed by atoms with van der Waals surface area (Å²) in [6.45, 7) is 3.63. The standard InChI is InChI=1S/C10H12O2.C8H8O/c1-3-4-8-5-6-9(11)10(7-8)12-2;9-7-6-8-4-2-1-3-5-8/h3,5-7,11H,1,4H2,2H3;1-5,7H,6H2. The van der Waals surface area contributed by atoms with Crippen LogP contribution in [0, 0.1) is 0 Å². The van der Waals surface area contributed by atoms with Crippen molar-refractivity contribution in [3.05, 3.63) is 72.3 Å². The molecule has 0 spiro atoms. The lowest BCUT2D eigenvalue weighted by molar-refractivity contribution is -0.107. The Morgan fingerprint density at radius 2 is 1.81 bits per heavy atom. The third-order valence-electron chi connectivity index (χ3n) is 2.79. The Labute approximate surface area is 125 Å². The van der Waals surface area contributed by atoms with E-state index in [-0.39, 0.29) is 5.75 Å². The minimum absolute atomic E-state index is 0.172. The largest absolute Gasteiger partial charge is 0.504 e. The molecular formula is C18H20O3. The predicted octanol–water partition coefficient (Wildman–Crippen LogP) is 3.56. The molecule has 3 nitrogen and oxygen atoms in total. The van der Waals surface area contributed by atoms with Crippen LogP contribution in [0.15, 0.2) is 61.2 Å². The Kier molecular flexibility index (Phi) is 7.36. The number of phenols is 1. The number of aldehydes is 1. The van der Waals surface area contributed by atoms with Crippen LogP contribution < -0.4 is 4.74 Å². The van der Waals surface area contributed by atoms with Gasteiger partial charge >= 0.3 is 0 Å². The van der Waals surface area contributed by atoms with Gasteiger partial charge in [0.2, 0.25) is 0 Å². The summed E-state index contributed by atoms with van der Waals surface area (Å²) in [6.07, 6.45) is 4.04. The van der Waals surface area contributed by atoms with Crippen LogP contribution in [0.2, 0.25) is 0 Å². The number of aromatic hydroxyl groups is 1. The normalized spacial score (nSPS) is 9.19. The van der Waals surface area contributed by atoms with E-state index in [2.05, 4.69) is 6.58 Å². The fourth-order valence-corrected chi connectivity index (χ4v) is 1.73. The molecule has 2 rings (SSSR count). The average molecular weight is 284 g/mol. The molecule has 0 radical (unpaired) electrons. The lowest BCUT2D eigenvalue weighted by Crippen LogP contribution is -1.86. The van der Waals surface area contributed by atoms with Crippen molar-refractivity contribution in [2.75, 3.05) is 7.11 Å². The van der Waals surface area contributed by atoms with E-state index < -0.39 is 0 Å². The first-order valence-corrected chi connectivity index (χ1v) is 6.65. The molecule has 0 aromatic heterocycles. The molecule has 3 heteroatoms. The minimum atomic E-state index is 0.172. The van der Waals surface area contributed by atoms with Crippen LogP contribution in [0.25, 0.3) is 0 Å². The second-order valence-corrected chi connectivity index (χ2v) is 4.36. The lowest BCUT2D eigenvalue weighted by Gasteiger charge is -2.04. The van der Waals surface area contributed by atoms with Gasteiger partial charge in [-0.05, 0) is 29.7 Å². The summed E-state index contributed by atoms with van der Waals surface area (Å²) in [5.41, 5.74) is 2.16. The van der Waals surface area contributed by atoms with E-state index in [0.29, 0.717) is 12.2 Å². The second-order valence-electron chi connectivity index (χ2n) is 4.36. The van der Waals surface area contributed by atoms with Crippen LogP contribution in [0.1, 0.15) is 11.1 Å². The first-order valence-electron chi connectivity index (χ1n) is 6.65. The average Bonchev–Trinajstić information content (AvgIpc) is 2.51. The van der Waals surface area contributed by atoms with Gasteiger partial charge in [-0.3, -0.25) is 0 Å². The molecule has 0 bridgehead atoms. The van der Waals surface area contributed by atoms with Gasteiger partial charge in [0.15, 0.2) is 11.5 Å². The van der Waals surface area contributed by atoms with Crippen LogP contribution in [0.5, 0.6) is 11.5 Å². The first kappa shape index (κ1) is 16.5. The highest BCUT2D eigenvalue weighted by Crippen LogP contribution is 2.26. The van der Waals surface area contributed by atoms with Gasteiger partial charge in [-0.15, -0.1) is 6.58 Å². The van der Waals surface area contributed by atoms with Crippen LogP contribution in [-0.4, -0.2) is 18.5 Å². The molecule has 0 saturated heterocycles. The van der Waals surface area contributed by atoms with Gasteiger partial charge in [-0.1, -0.05) is 42.5 Å². The molecule has 0 unspecified atom stereocenters. The van der Waals surface area contributed by atoms with Crippen molar-refractivity contribution in [3.63, 3.8) is 0 Å². The predicted molar refractivity (Wildman–Crippen MR) is 84.8 cm³/mol. The highest BCUT2D eigenvalue weighted by molar-refractivity contribution is 5.54. The summed E-state index contributed by atoms with van der Waals surface area (Å²) < 4.78 is 4.95. The number of phenolic OH excluding ortho intramolecular Hbond substituents is 1. The molecule has 2 aromatic carbocycles. The van der Waals surface area contributed by atoms with Crippen LogP contribution in [0.3, 0.4) is 0 Å². The van der Waals surface area contributed by atoms with Crippen molar-refractivity contribution < 1.29 is 14.6 Å². The van der Waals surface area contributed by atoms with E-state index in [1.165, 1.54) is 7.11 Å². The fourth-order valence-electron chi connectivity index (χ4n) is 1.73. The monoisotopic (exact) mass is 284 g/mol. The molecule has 1 N–H and O–H groups in total. The maximum atomic E-state index is 9.97. The summed E-state index contributed by atoms with van der Waals surface area (Å²) in [5, 5.41) is 9.25. The molecule has 0 saturated carbocycles. The molecule has 0 aliphatic rings. The number of carbonyl (C=O) groups is 1. The topological polar surface area (TPSA) is 46.5 Å². The van der Waals surface area contributed by atoms with Crippen molar-refractivity contribution >= 4 is 6.29 Å². The quantitative estimate of drug-likeness (QED) is 0.674. The van der Waals surface area contributed by atoms with E-state index >= 15 is 0 Å². The van der Waals surface area contributed by atoms with Crippen molar-refractivity contribution in [1.29, 1.82) is 0 Å². The number of carbonyl (C=O) groups excluding carboxylic acids is 1.